The molecule has 0 N–H and O–H groups in total. The first kappa shape index (κ1) is 14.7. The van der Waals surface area contributed by atoms with Crippen molar-refractivity contribution in [3.63, 3.8) is 0 Å². The summed E-state index contributed by atoms with van der Waals surface area (Å²) in [6, 6.07) is 0. The summed E-state index contributed by atoms with van der Waals surface area (Å²) >= 11 is 0. The molecule has 2 bridgehead atoms. The number of fused-ring (bicyclic) bond motifs is 2. The van der Waals surface area contributed by atoms with Crippen LogP contribution in [0, 0.1) is 0 Å². The van der Waals surface area contributed by atoms with Gasteiger partial charge in [0.15, 0.2) is 13.0 Å². The summed E-state index contributed by atoms with van der Waals surface area (Å²) in [7, 11) is 0. The van der Waals surface area contributed by atoms with Gasteiger partial charge in [-0.05, 0) is 25.7 Å². The molecule has 0 amide bonds. The summed E-state index contributed by atoms with van der Waals surface area (Å²) in [5, 5.41) is 0. The quantitative estimate of drug-likeness (QED) is 0.539. The highest BCUT2D eigenvalue weighted by Crippen LogP contribution is 2.46. The Morgan fingerprint density at radius 2 is 1.70 bits per heavy atom. The summed E-state index contributed by atoms with van der Waals surface area (Å²) in [6.45, 7) is 2.58. The summed E-state index contributed by atoms with van der Waals surface area (Å²) in [6.07, 6.45) is 15.9. The molecule has 112 valence electrons. The van der Waals surface area contributed by atoms with Gasteiger partial charge in [-0.15, -0.1) is 5.98 Å². The molecule has 3 saturated heterocycles. The zero-order chi connectivity index (χ0) is 13.6. The van der Waals surface area contributed by atoms with Crippen molar-refractivity contribution in [1.82, 2.24) is 0 Å². The molecule has 0 aliphatic carbocycles. The van der Waals surface area contributed by atoms with Crippen molar-refractivity contribution >= 4 is 6.71 Å². The van der Waals surface area contributed by atoms with Crippen molar-refractivity contribution in [2.24, 2.45) is 0 Å². The Morgan fingerprint density at radius 3 is 2.35 bits per heavy atom. The molecule has 3 aliphatic heterocycles. The Balaban J connectivity index is 1.37. The van der Waals surface area contributed by atoms with Crippen molar-refractivity contribution < 1.29 is 9.47 Å². The van der Waals surface area contributed by atoms with E-state index in [0.717, 1.165) is 44.4 Å². The third kappa shape index (κ3) is 3.88. The van der Waals surface area contributed by atoms with Crippen molar-refractivity contribution in [2.45, 2.75) is 82.1 Å². The zero-order valence-corrected chi connectivity index (χ0v) is 12.8. The van der Waals surface area contributed by atoms with E-state index < -0.39 is 0 Å². The highest BCUT2D eigenvalue weighted by atomic mass is 16.7. The third-order valence-electron chi connectivity index (χ3n) is 5.47. The summed E-state index contributed by atoms with van der Waals surface area (Å²) in [5.41, 5.74) is 0. The van der Waals surface area contributed by atoms with E-state index in [1.165, 1.54) is 51.4 Å². The molecule has 0 radical (unpaired) electrons. The van der Waals surface area contributed by atoms with Gasteiger partial charge in [-0.3, -0.25) is 0 Å². The van der Waals surface area contributed by atoms with Crippen LogP contribution in [0.15, 0.2) is 12.1 Å². The number of rotatable bonds is 5. The Bertz CT molecular complexity index is 290. The molecule has 0 aromatic rings. The molecule has 1 atom stereocenters. The van der Waals surface area contributed by atoms with Crippen LogP contribution < -0.4 is 0 Å². The van der Waals surface area contributed by atoms with Gasteiger partial charge >= 0.3 is 0 Å². The number of hydrogen-bond donors (Lipinski definition) is 0. The first-order valence-electron chi connectivity index (χ1n) is 8.83. The SMILES string of the molecule is C(=C\B1C2CCCC1CCC2)/CCOC1CCCCO1. The minimum absolute atomic E-state index is 0.0752. The number of ether oxygens (including phenoxy) is 2. The Labute approximate surface area is 124 Å². The van der Waals surface area contributed by atoms with Crippen LogP contribution in [0.4, 0.5) is 0 Å². The Kier molecular flexibility index (Phi) is 5.61. The van der Waals surface area contributed by atoms with Crippen LogP contribution in [0.2, 0.25) is 11.6 Å². The van der Waals surface area contributed by atoms with Gasteiger partial charge in [-0.25, -0.2) is 0 Å². The molecule has 3 rings (SSSR count). The van der Waals surface area contributed by atoms with Crippen LogP contribution in [-0.4, -0.2) is 26.2 Å². The standard InChI is InChI=1S/C17H29BO2/c1-3-13-19-17(11-1)20-14-4-2-12-18-15-7-5-8-16(18)10-6-9-15/h2,12,15-17H,1,3-11,13-14H2/b12-2+. The molecular formula is C17H29BO2. The fourth-order valence-electron chi connectivity index (χ4n) is 4.41. The van der Waals surface area contributed by atoms with Crippen molar-refractivity contribution in [2.75, 3.05) is 13.2 Å². The van der Waals surface area contributed by atoms with E-state index >= 15 is 0 Å². The Morgan fingerprint density at radius 1 is 0.950 bits per heavy atom. The maximum absolute atomic E-state index is 5.79. The van der Waals surface area contributed by atoms with Gasteiger partial charge in [0, 0.05) is 6.61 Å². The molecule has 3 aliphatic rings. The van der Waals surface area contributed by atoms with Crippen LogP contribution in [-0.2, 0) is 9.47 Å². The minimum atomic E-state index is 0.0752. The fraction of sp³-hybridized carbons (Fsp3) is 0.882. The molecule has 0 aromatic heterocycles. The molecule has 20 heavy (non-hydrogen) atoms. The van der Waals surface area contributed by atoms with E-state index in [9.17, 15) is 0 Å². The first-order valence-corrected chi connectivity index (χ1v) is 8.83. The molecule has 1 unspecified atom stereocenters. The second kappa shape index (κ2) is 7.65. The van der Waals surface area contributed by atoms with Crippen molar-refractivity contribution in [3.05, 3.63) is 12.1 Å². The highest BCUT2D eigenvalue weighted by molar-refractivity contribution is 6.67. The second-order valence-electron chi connectivity index (χ2n) is 6.84. The molecule has 0 saturated carbocycles. The highest BCUT2D eigenvalue weighted by Gasteiger charge is 2.36. The molecule has 3 fully saturated rings. The lowest BCUT2D eigenvalue weighted by atomic mass is 9.27. The van der Waals surface area contributed by atoms with Gasteiger partial charge < -0.3 is 9.47 Å². The lowest BCUT2D eigenvalue weighted by molar-refractivity contribution is -0.161. The van der Waals surface area contributed by atoms with Crippen LogP contribution in [0.5, 0.6) is 0 Å². The molecular weight excluding hydrogens is 247 g/mol. The molecule has 0 aromatic carbocycles. The largest absolute Gasteiger partial charge is 0.353 e. The van der Waals surface area contributed by atoms with E-state index in [4.69, 9.17) is 9.47 Å². The van der Waals surface area contributed by atoms with Crippen molar-refractivity contribution in [1.29, 1.82) is 0 Å². The van der Waals surface area contributed by atoms with Crippen LogP contribution in [0.3, 0.4) is 0 Å². The summed E-state index contributed by atoms with van der Waals surface area (Å²) in [4.78, 5) is 0. The molecule has 3 heterocycles. The average molecular weight is 276 g/mol. The van der Waals surface area contributed by atoms with E-state index in [0.29, 0.717) is 0 Å². The first-order chi connectivity index (χ1) is 9.93. The summed E-state index contributed by atoms with van der Waals surface area (Å²) in [5.74, 6) is 4.50. The fourth-order valence-corrected chi connectivity index (χ4v) is 4.41. The number of hydrogen-bond acceptors (Lipinski definition) is 2. The van der Waals surface area contributed by atoms with Gasteiger partial charge in [0.1, 0.15) is 0 Å². The van der Waals surface area contributed by atoms with Gasteiger partial charge in [0.05, 0.1) is 6.61 Å². The molecule has 3 heteroatoms. The van der Waals surface area contributed by atoms with Crippen LogP contribution >= 0.6 is 0 Å². The van der Waals surface area contributed by atoms with Gasteiger partial charge in [-0.2, -0.15) is 0 Å². The van der Waals surface area contributed by atoms with E-state index in [1.54, 1.807) is 0 Å². The average Bonchev–Trinajstić information content (AvgIpc) is 2.47. The maximum atomic E-state index is 5.79. The predicted molar refractivity (Wildman–Crippen MR) is 84.3 cm³/mol. The molecule has 0 spiro atoms. The lowest BCUT2D eigenvalue weighted by Gasteiger charge is -2.39. The van der Waals surface area contributed by atoms with Crippen LogP contribution in [0.25, 0.3) is 0 Å². The van der Waals surface area contributed by atoms with Gasteiger partial charge in [0.25, 0.3) is 0 Å². The van der Waals surface area contributed by atoms with Gasteiger partial charge in [-0.1, -0.05) is 56.2 Å². The maximum Gasteiger partial charge on any atom is 0.172 e. The predicted octanol–water partition coefficient (Wildman–Crippen LogP) is 4.62. The topological polar surface area (TPSA) is 18.5 Å². The smallest absolute Gasteiger partial charge is 0.172 e. The summed E-state index contributed by atoms with van der Waals surface area (Å²) < 4.78 is 11.4. The minimum Gasteiger partial charge on any atom is -0.353 e. The lowest BCUT2D eigenvalue weighted by Crippen LogP contribution is -2.33. The normalized spacial score (nSPS) is 34.6. The third-order valence-corrected chi connectivity index (χ3v) is 5.47. The Hall–Kier alpha value is -0.275. The zero-order valence-electron chi connectivity index (χ0n) is 12.8. The van der Waals surface area contributed by atoms with E-state index in [-0.39, 0.29) is 6.29 Å². The van der Waals surface area contributed by atoms with Crippen molar-refractivity contribution in [3.8, 4) is 0 Å². The van der Waals surface area contributed by atoms with Crippen LogP contribution in [0.1, 0.15) is 64.2 Å². The monoisotopic (exact) mass is 276 g/mol. The van der Waals surface area contributed by atoms with E-state index in [2.05, 4.69) is 12.1 Å². The molecule has 2 nitrogen and oxygen atoms in total. The second-order valence-corrected chi connectivity index (χ2v) is 6.84. The van der Waals surface area contributed by atoms with E-state index in [1.807, 2.05) is 0 Å². The van der Waals surface area contributed by atoms with Gasteiger partial charge in [0.2, 0.25) is 0 Å².